The molecule has 2 heterocycles. The van der Waals surface area contributed by atoms with Gasteiger partial charge in [0.15, 0.2) is 0 Å². The minimum absolute atomic E-state index is 0.0563. The van der Waals surface area contributed by atoms with Crippen molar-refractivity contribution in [3.05, 3.63) is 11.8 Å². The van der Waals surface area contributed by atoms with Gasteiger partial charge in [-0.25, -0.2) is 0 Å². The molecule has 0 bridgehead atoms. The van der Waals surface area contributed by atoms with Crippen molar-refractivity contribution in [2.24, 2.45) is 0 Å². The van der Waals surface area contributed by atoms with Crippen LogP contribution >= 0.6 is 0 Å². The second kappa shape index (κ2) is 4.13. The van der Waals surface area contributed by atoms with E-state index in [-0.39, 0.29) is 18.1 Å². The van der Waals surface area contributed by atoms with Crippen molar-refractivity contribution < 1.29 is 9.53 Å². The number of H-pyrrole nitrogens is 1. The molecule has 0 radical (unpaired) electrons. The number of ether oxygens (including phenoxy) is 1. The number of amides is 1. The van der Waals surface area contributed by atoms with E-state index in [0.29, 0.717) is 24.5 Å². The van der Waals surface area contributed by atoms with Gasteiger partial charge in [0.05, 0.1) is 18.4 Å². The summed E-state index contributed by atoms with van der Waals surface area (Å²) in [6.07, 6.45) is 1.57. The van der Waals surface area contributed by atoms with Crippen molar-refractivity contribution >= 4 is 11.7 Å². The SMILES string of the molecule is CC1CN(C(=O)c2cn[nH]c2N)CC(C)O1. The molecule has 1 aliphatic rings. The lowest BCUT2D eigenvalue weighted by atomic mass is 10.2. The van der Waals surface area contributed by atoms with Crippen LogP contribution in [-0.4, -0.2) is 46.3 Å². The number of rotatable bonds is 1. The Labute approximate surface area is 93.8 Å². The molecule has 0 aliphatic carbocycles. The molecule has 1 aromatic rings. The highest BCUT2D eigenvalue weighted by Gasteiger charge is 2.27. The fraction of sp³-hybridized carbons (Fsp3) is 0.600. The average molecular weight is 224 g/mol. The average Bonchev–Trinajstić information content (AvgIpc) is 2.62. The summed E-state index contributed by atoms with van der Waals surface area (Å²) >= 11 is 0. The zero-order chi connectivity index (χ0) is 11.7. The molecule has 3 N–H and O–H groups in total. The summed E-state index contributed by atoms with van der Waals surface area (Å²) in [5.41, 5.74) is 6.05. The largest absolute Gasteiger partial charge is 0.383 e. The lowest BCUT2D eigenvalue weighted by Gasteiger charge is -2.35. The second-order valence-electron chi connectivity index (χ2n) is 4.16. The van der Waals surface area contributed by atoms with Gasteiger partial charge in [-0.15, -0.1) is 0 Å². The number of aromatic amines is 1. The van der Waals surface area contributed by atoms with E-state index in [1.54, 1.807) is 4.90 Å². The third-order valence-electron chi connectivity index (χ3n) is 2.61. The number of nitrogen functional groups attached to an aromatic ring is 1. The third kappa shape index (κ3) is 2.01. The molecule has 6 heteroatoms. The fourth-order valence-corrected chi connectivity index (χ4v) is 1.98. The molecular formula is C10H16N4O2. The van der Waals surface area contributed by atoms with Crippen LogP contribution in [-0.2, 0) is 4.74 Å². The molecule has 0 spiro atoms. The highest BCUT2D eigenvalue weighted by molar-refractivity contribution is 5.98. The van der Waals surface area contributed by atoms with Gasteiger partial charge in [0.1, 0.15) is 11.4 Å². The Kier molecular flexibility index (Phi) is 2.82. The Balaban J connectivity index is 2.13. The van der Waals surface area contributed by atoms with Gasteiger partial charge in [0.2, 0.25) is 0 Å². The maximum atomic E-state index is 12.1. The Bertz CT molecular complexity index is 380. The Morgan fingerprint density at radius 2 is 2.19 bits per heavy atom. The smallest absolute Gasteiger partial charge is 0.259 e. The quantitative estimate of drug-likeness (QED) is 0.715. The molecule has 16 heavy (non-hydrogen) atoms. The number of nitrogens with one attached hydrogen (secondary N) is 1. The summed E-state index contributed by atoms with van der Waals surface area (Å²) in [5, 5.41) is 6.31. The first-order valence-electron chi connectivity index (χ1n) is 5.31. The third-order valence-corrected chi connectivity index (χ3v) is 2.61. The number of carbonyl (C=O) groups excluding carboxylic acids is 1. The molecule has 1 fully saturated rings. The fourth-order valence-electron chi connectivity index (χ4n) is 1.98. The number of hydrogen-bond donors (Lipinski definition) is 2. The molecule has 88 valence electrons. The van der Waals surface area contributed by atoms with E-state index in [4.69, 9.17) is 10.5 Å². The van der Waals surface area contributed by atoms with Gasteiger partial charge in [-0.05, 0) is 13.8 Å². The van der Waals surface area contributed by atoms with Gasteiger partial charge in [0, 0.05) is 13.1 Å². The van der Waals surface area contributed by atoms with Crippen LogP contribution in [0.15, 0.2) is 6.20 Å². The molecule has 2 atom stereocenters. The number of anilines is 1. The number of nitrogens with zero attached hydrogens (tertiary/aromatic N) is 2. The maximum Gasteiger partial charge on any atom is 0.259 e. The summed E-state index contributed by atoms with van der Waals surface area (Å²) in [5.74, 6) is 0.227. The minimum atomic E-state index is -0.0896. The molecule has 1 amide bonds. The molecule has 1 aromatic heterocycles. The summed E-state index contributed by atoms with van der Waals surface area (Å²) < 4.78 is 5.57. The van der Waals surface area contributed by atoms with Gasteiger partial charge in [-0.2, -0.15) is 5.10 Å². The number of hydrogen-bond acceptors (Lipinski definition) is 4. The molecular weight excluding hydrogens is 208 g/mol. The second-order valence-corrected chi connectivity index (χ2v) is 4.16. The monoisotopic (exact) mass is 224 g/mol. The lowest BCUT2D eigenvalue weighted by molar-refractivity contribution is -0.0585. The van der Waals surface area contributed by atoms with Crippen LogP contribution in [0.4, 0.5) is 5.82 Å². The standard InChI is InChI=1S/C10H16N4O2/c1-6-4-14(5-7(2)16-6)10(15)8-3-12-13-9(8)11/h3,6-7H,4-5H2,1-2H3,(H3,11,12,13). The van der Waals surface area contributed by atoms with Crippen molar-refractivity contribution in [3.63, 3.8) is 0 Å². The summed E-state index contributed by atoms with van der Waals surface area (Å²) in [7, 11) is 0. The Morgan fingerprint density at radius 3 is 2.69 bits per heavy atom. The van der Waals surface area contributed by atoms with E-state index in [0.717, 1.165) is 0 Å². The van der Waals surface area contributed by atoms with Gasteiger partial charge < -0.3 is 15.4 Å². The Morgan fingerprint density at radius 1 is 1.56 bits per heavy atom. The molecule has 6 nitrogen and oxygen atoms in total. The summed E-state index contributed by atoms with van der Waals surface area (Å²) in [6.45, 7) is 5.09. The van der Waals surface area contributed by atoms with E-state index in [9.17, 15) is 4.79 Å². The molecule has 2 unspecified atom stereocenters. The van der Waals surface area contributed by atoms with E-state index in [1.165, 1.54) is 6.20 Å². The first-order chi connectivity index (χ1) is 7.58. The van der Waals surface area contributed by atoms with E-state index >= 15 is 0 Å². The zero-order valence-electron chi connectivity index (χ0n) is 9.43. The predicted molar refractivity (Wildman–Crippen MR) is 58.9 cm³/mol. The van der Waals surface area contributed by atoms with Crippen molar-refractivity contribution in [3.8, 4) is 0 Å². The molecule has 1 aliphatic heterocycles. The van der Waals surface area contributed by atoms with Gasteiger partial charge >= 0.3 is 0 Å². The molecule has 2 rings (SSSR count). The topological polar surface area (TPSA) is 84.2 Å². The minimum Gasteiger partial charge on any atom is -0.383 e. The van der Waals surface area contributed by atoms with E-state index in [2.05, 4.69) is 10.2 Å². The van der Waals surface area contributed by atoms with Crippen LogP contribution in [0.1, 0.15) is 24.2 Å². The first-order valence-corrected chi connectivity index (χ1v) is 5.31. The van der Waals surface area contributed by atoms with Crippen molar-refractivity contribution in [2.45, 2.75) is 26.1 Å². The van der Waals surface area contributed by atoms with Crippen molar-refractivity contribution in [2.75, 3.05) is 18.8 Å². The Hall–Kier alpha value is -1.56. The van der Waals surface area contributed by atoms with E-state index < -0.39 is 0 Å². The first kappa shape index (κ1) is 10.9. The highest BCUT2D eigenvalue weighted by Crippen LogP contribution is 2.16. The van der Waals surface area contributed by atoms with Crippen molar-refractivity contribution in [1.29, 1.82) is 0 Å². The number of aromatic nitrogens is 2. The molecule has 1 saturated heterocycles. The van der Waals surface area contributed by atoms with Crippen LogP contribution < -0.4 is 5.73 Å². The lowest BCUT2D eigenvalue weighted by Crippen LogP contribution is -2.48. The van der Waals surface area contributed by atoms with Crippen LogP contribution in [0.2, 0.25) is 0 Å². The van der Waals surface area contributed by atoms with E-state index in [1.807, 2.05) is 13.8 Å². The van der Waals surface area contributed by atoms with Gasteiger partial charge in [0.25, 0.3) is 5.91 Å². The predicted octanol–water partition coefficient (Wildman–Crippen LogP) is 0.241. The normalized spacial score (nSPS) is 25.8. The van der Waals surface area contributed by atoms with Crippen molar-refractivity contribution in [1.82, 2.24) is 15.1 Å². The van der Waals surface area contributed by atoms with Crippen LogP contribution in [0.25, 0.3) is 0 Å². The summed E-state index contributed by atoms with van der Waals surface area (Å²) in [6, 6.07) is 0. The zero-order valence-corrected chi connectivity index (χ0v) is 9.43. The van der Waals surface area contributed by atoms with Crippen LogP contribution in [0.3, 0.4) is 0 Å². The molecule has 0 saturated carbocycles. The van der Waals surface area contributed by atoms with Crippen LogP contribution in [0, 0.1) is 0 Å². The van der Waals surface area contributed by atoms with Gasteiger partial charge in [-0.3, -0.25) is 9.89 Å². The number of nitrogens with two attached hydrogens (primary N) is 1. The number of carbonyl (C=O) groups is 1. The maximum absolute atomic E-state index is 12.1. The summed E-state index contributed by atoms with van der Waals surface area (Å²) in [4.78, 5) is 13.9. The molecule has 0 aromatic carbocycles. The number of morpholine rings is 1. The van der Waals surface area contributed by atoms with Gasteiger partial charge in [-0.1, -0.05) is 0 Å². The highest BCUT2D eigenvalue weighted by atomic mass is 16.5. The van der Waals surface area contributed by atoms with Crippen LogP contribution in [0.5, 0.6) is 0 Å².